The van der Waals surface area contributed by atoms with E-state index in [1.165, 1.54) is 18.6 Å². The summed E-state index contributed by atoms with van der Waals surface area (Å²) in [5.41, 5.74) is 0. The second kappa shape index (κ2) is 5.19. The zero-order chi connectivity index (χ0) is 12.5. The molecule has 4 heteroatoms. The highest BCUT2D eigenvalue weighted by molar-refractivity contribution is 8.00. The molecule has 2 fully saturated rings. The Hall–Kier alpha value is -0.220. The van der Waals surface area contributed by atoms with Gasteiger partial charge in [-0.2, -0.15) is 11.8 Å². The molecule has 0 aromatic rings. The average Bonchev–Trinajstić information content (AvgIpc) is 2.79. The Morgan fingerprint density at radius 3 is 2.94 bits per heavy atom. The number of hydrogen-bond acceptors (Lipinski definition) is 3. The van der Waals surface area contributed by atoms with Crippen LogP contribution in [0.2, 0.25) is 0 Å². The maximum atomic E-state index is 12.2. The molecule has 2 aliphatic heterocycles. The largest absolute Gasteiger partial charge is 0.340 e. The third-order valence-electron chi connectivity index (χ3n) is 3.66. The fourth-order valence-corrected chi connectivity index (χ4v) is 4.14. The van der Waals surface area contributed by atoms with Crippen molar-refractivity contribution in [2.24, 2.45) is 0 Å². The highest BCUT2D eigenvalue weighted by atomic mass is 32.2. The normalized spacial score (nSPS) is 34.0. The van der Waals surface area contributed by atoms with E-state index in [0.29, 0.717) is 16.7 Å². The summed E-state index contributed by atoms with van der Waals surface area (Å²) in [4.78, 5) is 14.3. The molecule has 2 rings (SSSR count). The van der Waals surface area contributed by atoms with E-state index < -0.39 is 0 Å². The number of likely N-dealkylation sites (tertiary alicyclic amines) is 1. The first-order valence-electron chi connectivity index (χ1n) is 6.69. The summed E-state index contributed by atoms with van der Waals surface area (Å²) in [5.74, 6) is 1.57. The van der Waals surface area contributed by atoms with Crippen LogP contribution in [-0.2, 0) is 4.79 Å². The maximum absolute atomic E-state index is 12.2. The van der Waals surface area contributed by atoms with Gasteiger partial charge < -0.3 is 10.2 Å². The van der Waals surface area contributed by atoms with E-state index >= 15 is 0 Å². The maximum Gasteiger partial charge on any atom is 0.239 e. The van der Waals surface area contributed by atoms with Crippen LogP contribution in [0.25, 0.3) is 0 Å². The van der Waals surface area contributed by atoms with Crippen molar-refractivity contribution in [1.29, 1.82) is 0 Å². The fraction of sp³-hybridized carbons (Fsp3) is 0.923. The molecule has 2 unspecified atom stereocenters. The molecule has 0 radical (unpaired) electrons. The van der Waals surface area contributed by atoms with Gasteiger partial charge in [0.2, 0.25) is 5.91 Å². The summed E-state index contributed by atoms with van der Waals surface area (Å²) in [6.07, 6.45) is 3.53. The van der Waals surface area contributed by atoms with Gasteiger partial charge >= 0.3 is 0 Å². The Bertz CT molecular complexity index is 287. The number of carbonyl (C=O) groups is 1. The summed E-state index contributed by atoms with van der Waals surface area (Å²) in [5, 5.41) is 3.36. The smallest absolute Gasteiger partial charge is 0.239 e. The van der Waals surface area contributed by atoms with Crippen molar-refractivity contribution in [2.75, 3.05) is 18.8 Å². The molecule has 0 aliphatic carbocycles. The second-order valence-corrected chi connectivity index (χ2v) is 7.51. The van der Waals surface area contributed by atoms with Crippen LogP contribution < -0.4 is 5.32 Å². The van der Waals surface area contributed by atoms with Gasteiger partial charge in [0.25, 0.3) is 0 Å². The number of carbonyl (C=O) groups excluding carboxylic acids is 1. The van der Waals surface area contributed by atoms with Crippen LogP contribution in [0.4, 0.5) is 0 Å². The van der Waals surface area contributed by atoms with Crippen molar-refractivity contribution in [2.45, 2.75) is 56.9 Å². The zero-order valence-electron chi connectivity index (χ0n) is 11.2. The topological polar surface area (TPSA) is 32.3 Å². The Morgan fingerprint density at radius 2 is 2.35 bits per heavy atom. The molecule has 0 bridgehead atoms. The summed E-state index contributed by atoms with van der Waals surface area (Å²) < 4.78 is 0.308. The molecule has 98 valence electrons. The van der Waals surface area contributed by atoms with Gasteiger partial charge in [0.1, 0.15) is 0 Å². The molecule has 0 aromatic carbocycles. The fourth-order valence-electron chi connectivity index (χ4n) is 2.82. The van der Waals surface area contributed by atoms with Gasteiger partial charge in [-0.3, -0.25) is 4.79 Å². The SMILES string of the molecule is CC(C)NC1CCN(CC2(C)CCCS2)C1=O. The lowest BCUT2D eigenvalue weighted by Crippen LogP contribution is -2.44. The van der Waals surface area contributed by atoms with E-state index in [4.69, 9.17) is 0 Å². The van der Waals surface area contributed by atoms with Gasteiger partial charge in [0.15, 0.2) is 0 Å². The van der Waals surface area contributed by atoms with Crippen molar-refractivity contribution in [3.05, 3.63) is 0 Å². The second-order valence-electron chi connectivity index (χ2n) is 5.82. The molecule has 17 heavy (non-hydrogen) atoms. The highest BCUT2D eigenvalue weighted by Gasteiger charge is 2.38. The lowest BCUT2D eigenvalue weighted by molar-refractivity contribution is -0.129. The molecule has 2 saturated heterocycles. The number of amides is 1. The van der Waals surface area contributed by atoms with Gasteiger partial charge in [0, 0.05) is 23.9 Å². The van der Waals surface area contributed by atoms with Crippen molar-refractivity contribution in [1.82, 2.24) is 10.2 Å². The quantitative estimate of drug-likeness (QED) is 0.833. The lowest BCUT2D eigenvalue weighted by atomic mass is 10.1. The predicted molar refractivity (Wildman–Crippen MR) is 73.4 cm³/mol. The van der Waals surface area contributed by atoms with Crippen LogP contribution in [0, 0.1) is 0 Å². The van der Waals surface area contributed by atoms with Crippen LogP contribution in [0.15, 0.2) is 0 Å². The zero-order valence-corrected chi connectivity index (χ0v) is 12.0. The number of nitrogens with zero attached hydrogens (tertiary/aromatic N) is 1. The van der Waals surface area contributed by atoms with E-state index in [2.05, 4.69) is 31.0 Å². The van der Waals surface area contributed by atoms with Crippen LogP contribution in [-0.4, -0.2) is 46.5 Å². The Labute approximate surface area is 109 Å². The van der Waals surface area contributed by atoms with Gasteiger partial charge in [-0.1, -0.05) is 13.8 Å². The molecule has 1 amide bonds. The van der Waals surface area contributed by atoms with Crippen LogP contribution >= 0.6 is 11.8 Å². The third-order valence-corrected chi connectivity index (χ3v) is 5.18. The lowest BCUT2D eigenvalue weighted by Gasteiger charge is -2.29. The van der Waals surface area contributed by atoms with Gasteiger partial charge in [-0.25, -0.2) is 0 Å². The van der Waals surface area contributed by atoms with E-state index in [1.54, 1.807) is 0 Å². The average molecular weight is 256 g/mol. The number of thioether (sulfide) groups is 1. The minimum absolute atomic E-state index is 0.0602. The Morgan fingerprint density at radius 1 is 1.59 bits per heavy atom. The minimum atomic E-state index is 0.0602. The standard InChI is InChI=1S/C13H24N2OS/c1-10(2)14-11-5-7-15(12(11)16)9-13(3)6-4-8-17-13/h10-11,14H,4-9H2,1-3H3. The molecule has 2 heterocycles. The first-order chi connectivity index (χ1) is 8.00. The van der Waals surface area contributed by atoms with Gasteiger partial charge in [-0.05, 0) is 31.9 Å². The van der Waals surface area contributed by atoms with Crippen LogP contribution in [0.3, 0.4) is 0 Å². The number of nitrogens with one attached hydrogen (secondary N) is 1. The first kappa shape index (κ1) is 13.2. The van der Waals surface area contributed by atoms with Gasteiger partial charge in [0.05, 0.1) is 6.04 Å². The highest BCUT2D eigenvalue weighted by Crippen LogP contribution is 2.38. The minimum Gasteiger partial charge on any atom is -0.340 e. The van der Waals surface area contributed by atoms with Crippen molar-refractivity contribution in [3.63, 3.8) is 0 Å². The predicted octanol–water partition coefficient (Wildman–Crippen LogP) is 1.87. The summed E-state index contributed by atoms with van der Waals surface area (Å²) >= 11 is 2.03. The van der Waals surface area contributed by atoms with E-state index in [-0.39, 0.29) is 6.04 Å². The molecular formula is C13H24N2OS. The summed E-state index contributed by atoms with van der Waals surface area (Å²) in [6, 6.07) is 0.449. The molecule has 1 N–H and O–H groups in total. The van der Waals surface area contributed by atoms with E-state index in [0.717, 1.165) is 19.5 Å². The molecule has 0 aromatic heterocycles. The van der Waals surface area contributed by atoms with Crippen molar-refractivity contribution in [3.8, 4) is 0 Å². The molecule has 3 nitrogen and oxygen atoms in total. The van der Waals surface area contributed by atoms with Crippen molar-refractivity contribution >= 4 is 17.7 Å². The molecule has 0 spiro atoms. The monoisotopic (exact) mass is 256 g/mol. The van der Waals surface area contributed by atoms with E-state index in [9.17, 15) is 4.79 Å². The summed E-state index contributed by atoms with van der Waals surface area (Å²) in [7, 11) is 0. The molecule has 0 saturated carbocycles. The van der Waals surface area contributed by atoms with Crippen LogP contribution in [0.5, 0.6) is 0 Å². The van der Waals surface area contributed by atoms with Gasteiger partial charge in [-0.15, -0.1) is 0 Å². The number of rotatable bonds is 4. The molecule has 2 aliphatic rings. The Balaban J connectivity index is 1.89. The summed E-state index contributed by atoms with van der Waals surface area (Å²) in [6.45, 7) is 8.38. The molecule has 2 atom stereocenters. The van der Waals surface area contributed by atoms with E-state index in [1.807, 2.05) is 11.8 Å². The first-order valence-corrected chi connectivity index (χ1v) is 7.67. The number of hydrogen-bond donors (Lipinski definition) is 1. The van der Waals surface area contributed by atoms with Crippen LogP contribution in [0.1, 0.15) is 40.0 Å². The van der Waals surface area contributed by atoms with Crippen molar-refractivity contribution < 1.29 is 4.79 Å². The molecular weight excluding hydrogens is 232 g/mol. The Kier molecular flexibility index (Phi) is 4.03. The third kappa shape index (κ3) is 3.16.